The van der Waals surface area contributed by atoms with Gasteiger partial charge in [0.1, 0.15) is 0 Å². The molecule has 0 spiro atoms. The first-order valence-electron chi connectivity index (χ1n) is 1.20. The van der Waals surface area contributed by atoms with Gasteiger partial charge in [-0.25, -0.2) is 8.42 Å². The quantitative estimate of drug-likeness (QED) is 0.111. The number of nitrogens with zero attached hydrogens (tertiary/aromatic N) is 1. The SMILES string of the molecule is O=N[O-].O=S(=O)([O-])O[O-].[K+].[Na+].[Na+]. The van der Waals surface area contributed by atoms with E-state index in [-0.39, 0.29) is 110 Å². The van der Waals surface area contributed by atoms with Crippen LogP contribution in [0.1, 0.15) is 0 Å². The fourth-order valence-electron chi connectivity index (χ4n) is 0. The van der Waals surface area contributed by atoms with Crippen LogP contribution in [-0.4, -0.2) is 13.0 Å². The molecule has 0 aromatic heterocycles. The Kier molecular flexibility index (Phi) is 47.6. The molecular weight excluding hydrogens is 243 g/mol. The zero-order valence-corrected chi connectivity index (χ0v) is 14.7. The van der Waals surface area contributed by atoms with Crippen molar-refractivity contribution >= 4 is 10.4 Å². The van der Waals surface area contributed by atoms with Gasteiger partial charge in [0.15, 0.2) is 0 Å². The molecule has 0 aliphatic heterocycles. The Morgan fingerprint density at radius 2 is 1.33 bits per heavy atom. The summed E-state index contributed by atoms with van der Waals surface area (Å²) < 4.78 is 28.8. The zero-order valence-electron chi connectivity index (χ0n) is 6.71. The van der Waals surface area contributed by atoms with Crippen molar-refractivity contribution in [1.29, 1.82) is 0 Å². The summed E-state index contributed by atoms with van der Waals surface area (Å²) >= 11 is 0. The van der Waals surface area contributed by atoms with E-state index in [1.807, 2.05) is 0 Å². The molecule has 0 aromatic carbocycles. The predicted molar refractivity (Wildman–Crippen MR) is 19.9 cm³/mol. The monoisotopic (exact) mass is 243 g/mol. The van der Waals surface area contributed by atoms with Gasteiger partial charge in [0.05, 0.1) is 0 Å². The van der Waals surface area contributed by atoms with Crippen LogP contribution in [-0.2, 0) is 14.7 Å². The summed E-state index contributed by atoms with van der Waals surface area (Å²) in [7, 11) is -4.97. The van der Waals surface area contributed by atoms with Gasteiger partial charge in [0, 0.05) is 0 Å². The Bertz CT molecular complexity index is 155. The van der Waals surface area contributed by atoms with Gasteiger partial charge in [-0.15, -0.1) is 5.34 Å². The van der Waals surface area contributed by atoms with Crippen LogP contribution in [0.5, 0.6) is 0 Å². The van der Waals surface area contributed by atoms with Crippen molar-refractivity contribution in [2.24, 2.45) is 5.34 Å². The fraction of sp³-hybridized carbons (Fsp3) is 0. The Labute approximate surface area is 155 Å². The van der Waals surface area contributed by atoms with Crippen molar-refractivity contribution < 1.29 is 133 Å². The normalized spacial score (nSPS) is 6.83. The molecule has 0 atom stereocenters. The minimum Gasteiger partial charge on any atom is -0.726 e. The summed E-state index contributed by atoms with van der Waals surface area (Å²) in [6, 6.07) is 0. The summed E-state index contributed by atoms with van der Waals surface area (Å²) in [6.07, 6.45) is 0. The average molecular weight is 243 g/mol. The van der Waals surface area contributed by atoms with Crippen molar-refractivity contribution in [2.75, 3.05) is 0 Å². The number of rotatable bonds is 1. The molecule has 0 bridgehead atoms. The molecule has 0 rings (SSSR count). The maximum atomic E-state index is 8.91. The molecular formula is KNNa2O7S. The molecule has 12 heavy (non-hydrogen) atoms. The molecule has 0 radical (unpaired) electrons. The first-order chi connectivity index (χ1) is 3.97. The molecule has 8 nitrogen and oxygen atoms in total. The molecule has 0 aromatic rings. The molecule has 12 heteroatoms. The first-order valence-corrected chi connectivity index (χ1v) is 2.53. The van der Waals surface area contributed by atoms with Gasteiger partial charge in [-0.1, -0.05) is 0 Å². The standard InChI is InChI=1S/K.HNO2.2Na.H2O5S/c;2-1-3;;;1-5-6(2,3)4/h;(H,2,3);;;1H,(H,2,3,4)/q+1;;2*+1;/p-3. The van der Waals surface area contributed by atoms with E-state index < -0.39 is 10.4 Å². The van der Waals surface area contributed by atoms with Crippen LogP contribution < -0.4 is 116 Å². The van der Waals surface area contributed by atoms with Crippen LogP contribution in [0.4, 0.5) is 0 Å². The zero-order chi connectivity index (χ0) is 7.91. The molecule has 56 valence electrons. The van der Waals surface area contributed by atoms with E-state index in [1.165, 1.54) is 0 Å². The molecule has 0 fully saturated rings. The Hall–Kier alpha value is 2.87. The van der Waals surface area contributed by atoms with Gasteiger partial charge in [0.25, 0.3) is 0 Å². The second-order valence-electron chi connectivity index (χ2n) is 0.551. The predicted octanol–water partition coefficient (Wildman–Crippen LogP) is -11.0. The summed E-state index contributed by atoms with van der Waals surface area (Å²) in [6.45, 7) is 0. The molecule has 0 unspecified atom stereocenters. The van der Waals surface area contributed by atoms with E-state index >= 15 is 0 Å². The van der Waals surface area contributed by atoms with Crippen LogP contribution in [0.2, 0.25) is 0 Å². The van der Waals surface area contributed by atoms with Gasteiger partial charge in [-0.3, -0.25) is 0 Å². The van der Waals surface area contributed by atoms with E-state index in [0.29, 0.717) is 0 Å². The van der Waals surface area contributed by atoms with E-state index in [9.17, 15) is 0 Å². The van der Waals surface area contributed by atoms with Crippen molar-refractivity contribution in [3.8, 4) is 0 Å². The first kappa shape index (κ1) is 29.4. The van der Waals surface area contributed by atoms with Crippen LogP contribution in [0.3, 0.4) is 0 Å². The smallest absolute Gasteiger partial charge is 0.726 e. The molecule has 0 heterocycles. The van der Waals surface area contributed by atoms with E-state index in [4.69, 9.17) is 28.3 Å². The van der Waals surface area contributed by atoms with Crippen molar-refractivity contribution in [1.82, 2.24) is 0 Å². The molecule has 0 aliphatic carbocycles. The third-order valence-corrected chi connectivity index (χ3v) is 0.250. The summed E-state index contributed by atoms with van der Waals surface area (Å²) in [5.74, 6) is 0. The Morgan fingerprint density at radius 1 is 1.25 bits per heavy atom. The second kappa shape index (κ2) is 19.4. The minimum absolute atomic E-state index is 0. The number of hydrogen-bond acceptors (Lipinski definition) is 8. The Morgan fingerprint density at radius 3 is 1.33 bits per heavy atom. The van der Waals surface area contributed by atoms with E-state index in [0.717, 1.165) is 5.34 Å². The van der Waals surface area contributed by atoms with E-state index in [2.05, 4.69) is 4.33 Å². The van der Waals surface area contributed by atoms with Gasteiger partial charge in [-0.05, 0) is 0 Å². The number of hydrogen-bond donors (Lipinski definition) is 0. The second-order valence-corrected chi connectivity index (χ2v) is 1.50. The van der Waals surface area contributed by atoms with Gasteiger partial charge in [0.2, 0.25) is 10.4 Å². The maximum absolute atomic E-state index is 8.91. The average Bonchev–Trinajstić information content (AvgIpc) is 1.67. The Balaban J connectivity index is -0.0000000246. The summed E-state index contributed by atoms with van der Waals surface area (Å²) in [5.41, 5.74) is 0. The van der Waals surface area contributed by atoms with Crippen LogP contribution in [0.15, 0.2) is 5.34 Å². The molecule has 0 saturated carbocycles. The fourth-order valence-corrected chi connectivity index (χ4v) is 0. The van der Waals surface area contributed by atoms with Crippen molar-refractivity contribution in [3.63, 3.8) is 0 Å². The maximum Gasteiger partial charge on any atom is 1.00 e. The third kappa shape index (κ3) is 52.6. The van der Waals surface area contributed by atoms with Crippen LogP contribution in [0, 0.1) is 10.1 Å². The van der Waals surface area contributed by atoms with Gasteiger partial charge < -0.3 is 24.3 Å². The minimum atomic E-state index is -4.97. The summed E-state index contributed by atoms with van der Waals surface area (Å²) in [4.78, 5) is 8.00. The van der Waals surface area contributed by atoms with Crippen molar-refractivity contribution in [2.45, 2.75) is 0 Å². The van der Waals surface area contributed by atoms with Crippen LogP contribution >= 0.6 is 0 Å². The van der Waals surface area contributed by atoms with E-state index in [1.54, 1.807) is 0 Å². The van der Waals surface area contributed by atoms with Gasteiger partial charge >= 0.3 is 110 Å². The largest absolute Gasteiger partial charge is 1.00 e. The van der Waals surface area contributed by atoms with Gasteiger partial charge in [-0.2, -0.15) is 0 Å². The van der Waals surface area contributed by atoms with Crippen molar-refractivity contribution in [3.05, 3.63) is 10.1 Å². The summed E-state index contributed by atoms with van der Waals surface area (Å²) in [5, 5.41) is 17.6. The topological polar surface area (TPSA) is 142 Å². The molecule has 0 aliphatic rings. The van der Waals surface area contributed by atoms with Crippen LogP contribution in [0.25, 0.3) is 0 Å². The molecule has 0 N–H and O–H groups in total. The molecule has 0 saturated heterocycles. The third-order valence-electron chi connectivity index (χ3n) is 0.0833. The molecule has 0 amide bonds.